The summed E-state index contributed by atoms with van der Waals surface area (Å²) in [4.78, 5) is 20.3. The number of urea groups is 1. The largest absolute Gasteiger partial charge is 0.464 e. The molecule has 1 aromatic rings. The number of pyridine rings is 1. The summed E-state index contributed by atoms with van der Waals surface area (Å²) in [5.41, 5.74) is 3.14. The maximum absolute atomic E-state index is 12.9. The molecule has 134 valence electrons. The molecule has 0 spiro atoms. The molecule has 0 saturated carbocycles. The smallest absolute Gasteiger partial charge is 0.331 e. The summed E-state index contributed by atoms with van der Waals surface area (Å²) in [6, 6.07) is 1.77. The van der Waals surface area contributed by atoms with E-state index in [0.717, 1.165) is 24.1 Å². The van der Waals surface area contributed by atoms with Gasteiger partial charge in [-0.2, -0.15) is 0 Å². The van der Waals surface area contributed by atoms with E-state index in [0.29, 0.717) is 31.2 Å². The number of ether oxygens (including phenoxy) is 2. The van der Waals surface area contributed by atoms with E-state index in [4.69, 9.17) is 9.47 Å². The van der Waals surface area contributed by atoms with Crippen molar-refractivity contribution in [3.63, 3.8) is 0 Å². The molecule has 0 bridgehead atoms. The van der Waals surface area contributed by atoms with Gasteiger partial charge in [-0.05, 0) is 31.4 Å². The Balaban J connectivity index is 1.44. The molecule has 0 radical (unpaired) electrons. The molecule has 3 aliphatic rings. The van der Waals surface area contributed by atoms with Gasteiger partial charge in [0.05, 0.1) is 11.9 Å². The van der Waals surface area contributed by atoms with Gasteiger partial charge in [0.25, 0.3) is 0 Å². The Labute approximate surface area is 152 Å². The van der Waals surface area contributed by atoms with E-state index in [-0.39, 0.29) is 6.03 Å². The minimum absolute atomic E-state index is 0.128. The Kier molecular flexibility index (Phi) is 4.48. The molecule has 4 rings (SSSR count). The summed E-state index contributed by atoms with van der Waals surface area (Å²) in [6.07, 6.45) is 15.6. The first kappa shape index (κ1) is 16.4. The standard InChI is InChI=1S/C20H21N3O3/c1-15-7-8-21-12-18(15)22-9-10-23(20(22)24)19-14-25-13-17(26-19)11-16-5-3-2-4-6-16/h2-3,5,7-8,12-14H,4,6,9-11H2,1H3. The highest BCUT2D eigenvalue weighted by Crippen LogP contribution is 2.29. The lowest BCUT2D eigenvalue weighted by Crippen LogP contribution is -2.33. The van der Waals surface area contributed by atoms with Gasteiger partial charge in [-0.25, -0.2) is 4.79 Å². The number of aromatic nitrogens is 1. The van der Waals surface area contributed by atoms with Gasteiger partial charge in [0.2, 0.25) is 5.88 Å². The number of carbonyl (C=O) groups is 1. The highest BCUT2D eigenvalue weighted by molar-refractivity contribution is 5.95. The number of carbonyl (C=O) groups excluding carboxylic acids is 1. The van der Waals surface area contributed by atoms with Crippen molar-refractivity contribution in [1.82, 2.24) is 9.88 Å². The first-order valence-corrected chi connectivity index (χ1v) is 8.79. The lowest BCUT2D eigenvalue weighted by molar-refractivity contribution is 0.141. The Morgan fingerprint density at radius 1 is 1.23 bits per heavy atom. The Hall–Kier alpha value is -3.02. The van der Waals surface area contributed by atoms with Crippen LogP contribution >= 0.6 is 0 Å². The van der Waals surface area contributed by atoms with Crippen LogP contribution < -0.4 is 4.90 Å². The molecule has 1 saturated heterocycles. The molecule has 6 heteroatoms. The number of hydrogen-bond acceptors (Lipinski definition) is 4. The predicted molar refractivity (Wildman–Crippen MR) is 97.8 cm³/mol. The van der Waals surface area contributed by atoms with E-state index in [1.54, 1.807) is 28.5 Å². The maximum Gasteiger partial charge on any atom is 0.331 e. The molecule has 0 N–H and O–H groups in total. The minimum atomic E-state index is -0.128. The van der Waals surface area contributed by atoms with Gasteiger partial charge in [0.15, 0.2) is 6.26 Å². The van der Waals surface area contributed by atoms with Gasteiger partial charge in [-0.1, -0.05) is 23.8 Å². The Morgan fingerprint density at radius 2 is 2.12 bits per heavy atom. The van der Waals surface area contributed by atoms with Crippen LogP contribution in [0.2, 0.25) is 0 Å². The molecule has 6 nitrogen and oxygen atoms in total. The molecule has 0 aromatic carbocycles. The quantitative estimate of drug-likeness (QED) is 0.823. The molecule has 3 heterocycles. The van der Waals surface area contributed by atoms with Crippen molar-refractivity contribution in [3.8, 4) is 0 Å². The molecule has 1 aliphatic carbocycles. The number of anilines is 1. The highest BCUT2D eigenvalue weighted by Gasteiger charge is 2.35. The van der Waals surface area contributed by atoms with Crippen molar-refractivity contribution in [3.05, 3.63) is 72.0 Å². The van der Waals surface area contributed by atoms with Crippen molar-refractivity contribution in [2.45, 2.75) is 26.2 Å². The molecular weight excluding hydrogens is 330 g/mol. The third kappa shape index (κ3) is 3.22. The van der Waals surface area contributed by atoms with Crippen LogP contribution in [0, 0.1) is 6.92 Å². The highest BCUT2D eigenvalue weighted by atomic mass is 16.6. The van der Waals surface area contributed by atoms with Crippen LogP contribution in [0.15, 0.2) is 66.4 Å². The summed E-state index contributed by atoms with van der Waals surface area (Å²) in [6.45, 7) is 3.10. The zero-order chi connectivity index (χ0) is 17.9. The van der Waals surface area contributed by atoms with Crippen molar-refractivity contribution in [1.29, 1.82) is 0 Å². The van der Waals surface area contributed by atoms with Crippen LogP contribution in [-0.4, -0.2) is 29.0 Å². The van der Waals surface area contributed by atoms with Gasteiger partial charge < -0.3 is 9.47 Å². The van der Waals surface area contributed by atoms with Crippen molar-refractivity contribution in [2.24, 2.45) is 0 Å². The maximum atomic E-state index is 12.9. The molecule has 2 aliphatic heterocycles. The van der Waals surface area contributed by atoms with Crippen LogP contribution in [0.1, 0.15) is 24.8 Å². The Morgan fingerprint density at radius 3 is 2.92 bits per heavy atom. The van der Waals surface area contributed by atoms with E-state index in [1.165, 1.54) is 11.8 Å². The molecule has 1 fully saturated rings. The van der Waals surface area contributed by atoms with Crippen LogP contribution in [0.25, 0.3) is 0 Å². The average Bonchev–Trinajstić information content (AvgIpc) is 3.04. The van der Waals surface area contributed by atoms with E-state index in [2.05, 4.69) is 23.2 Å². The monoisotopic (exact) mass is 351 g/mol. The zero-order valence-electron chi connectivity index (χ0n) is 14.7. The molecule has 0 unspecified atom stereocenters. The van der Waals surface area contributed by atoms with Crippen molar-refractivity contribution < 1.29 is 14.3 Å². The Bertz CT molecular complexity index is 838. The molecule has 0 atom stereocenters. The normalized spacial score (nSPS) is 19.6. The third-order valence-corrected chi connectivity index (χ3v) is 4.68. The predicted octanol–water partition coefficient (Wildman–Crippen LogP) is 3.99. The lowest BCUT2D eigenvalue weighted by atomic mass is 10.0. The average molecular weight is 351 g/mol. The lowest BCUT2D eigenvalue weighted by Gasteiger charge is -2.24. The van der Waals surface area contributed by atoms with E-state index < -0.39 is 0 Å². The van der Waals surface area contributed by atoms with Gasteiger partial charge in [0.1, 0.15) is 12.0 Å². The number of nitrogens with zero attached hydrogens (tertiary/aromatic N) is 3. The van der Waals surface area contributed by atoms with Gasteiger partial charge >= 0.3 is 6.03 Å². The topological polar surface area (TPSA) is 54.9 Å². The fraction of sp³-hybridized carbons (Fsp3) is 0.300. The number of amides is 2. The summed E-state index contributed by atoms with van der Waals surface area (Å²) in [5.74, 6) is 1.15. The second-order valence-electron chi connectivity index (χ2n) is 6.49. The number of allylic oxidation sites excluding steroid dienone is 4. The fourth-order valence-electron chi connectivity index (χ4n) is 3.27. The summed E-state index contributed by atoms with van der Waals surface area (Å²) in [7, 11) is 0. The van der Waals surface area contributed by atoms with Crippen LogP contribution in [0.3, 0.4) is 0 Å². The van der Waals surface area contributed by atoms with Crippen LogP contribution in [0.5, 0.6) is 0 Å². The van der Waals surface area contributed by atoms with Crippen LogP contribution in [-0.2, 0) is 9.47 Å². The van der Waals surface area contributed by atoms with Gasteiger partial charge in [-0.3, -0.25) is 14.8 Å². The minimum Gasteiger partial charge on any atom is -0.464 e. The van der Waals surface area contributed by atoms with Gasteiger partial charge in [-0.15, -0.1) is 0 Å². The van der Waals surface area contributed by atoms with E-state index in [9.17, 15) is 4.79 Å². The first-order chi connectivity index (χ1) is 12.7. The van der Waals surface area contributed by atoms with E-state index in [1.807, 2.05) is 13.0 Å². The second kappa shape index (κ2) is 7.07. The summed E-state index contributed by atoms with van der Waals surface area (Å²) >= 11 is 0. The number of rotatable bonds is 4. The van der Waals surface area contributed by atoms with E-state index >= 15 is 0 Å². The fourth-order valence-corrected chi connectivity index (χ4v) is 3.27. The number of aryl methyl sites for hydroxylation is 1. The summed E-state index contributed by atoms with van der Waals surface area (Å²) < 4.78 is 11.4. The molecule has 26 heavy (non-hydrogen) atoms. The van der Waals surface area contributed by atoms with Crippen molar-refractivity contribution >= 4 is 11.7 Å². The number of hydrogen-bond donors (Lipinski definition) is 0. The first-order valence-electron chi connectivity index (χ1n) is 8.79. The molecule has 1 aromatic heterocycles. The van der Waals surface area contributed by atoms with Crippen LogP contribution in [0.4, 0.5) is 10.5 Å². The SMILES string of the molecule is Cc1ccncc1N1CCN(C2=COC=C(CC3=CC=CCC3)O2)C1=O. The third-order valence-electron chi connectivity index (χ3n) is 4.68. The zero-order valence-corrected chi connectivity index (χ0v) is 14.7. The molecular formula is C20H21N3O3. The van der Waals surface area contributed by atoms with Crippen molar-refractivity contribution in [2.75, 3.05) is 18.0 Å². The van der Waals surface area contributed by atoms with Gasteiger partial charge in [0, 0.05) is 25.7 Å². The summed E-state index contributed by atoms with van der Waals surface area (Å²) in [5, 5.41) is 0. The molecule has 2 amide bonds. The second-order valence-corrected chi connectivity index (χ2v) is 6.49.